The molecule has 1 aromatic heterocycles. The summed E-state index contributed by atoms with van der Waals surface area (Å²) >= 11 is 1.78. The maximum absolute atomic E-state index is 8.00. The average Bonchev–Trinajstić information content (AvgIpc) is 2.41. The maximum Gasteiger partial charge on any atom is 0.0794 e. The van der Waals surface area contributed by atoms with Gasteiger partial charge in [0.2, 0.25) is 0 Å². The molecule has 0 unspecified atom stereocenters. The van der Waals surface area contributed by atoms with E-state index in [1.54, 1.807) is 11.3 Å². The van der Waals surface area contributed by atoms with E-state index in [1.807, 2.05) is 6.92 Å². The molecule has 0 saturated carbocycles. The number of aryl methyl sites for hydroxylation is 1. The van der Waals surface area contributed by atoms with E-state index in [0.29, 0.717) is 0 Å². The van der Waals surface area contributed by atoms with Gasteiger partial charge in [-0.15, -0.1) is 11.3 Å². The first-order valence-electron chi connectivity index (χ1n) is 5.40. The minimum atomic E-state index is -1.28. The highest BCUT2D eigenvalue weighted by atomic mass is 32.1. The second kappa shape index (κ2) is 3.21. The van der Waals surface area contributed by atoms with Crippen LogP contribution in [0.4, 0.5) is 0 Å². The summed E-state index contributed by atoms with van der Waals surface area (Å²) in [5.41, 5.74) is 0. The van der Waals surface area contributed by atoms with Gasteiger partial charge in [-0.3, -0.25) is 0 Å². The van der Waals surface area contributed by atoms with Gasteiger partial charge >= 0.3 is 0 Å². The SMILES string of the molecule is [2H]c1c(C)sc2c([Si](C)(C)C)cccc12. The molecule has 0 aliphatic rings. The molecule has 0 radical (unpaired) electrons. The molecule has 14 heavy (non-hydrogen) atoms. The third-order valence-corrected chi connectivity index (χ3v) is 5.65. The number of benzene rings is 1. The lowest BCUT2D eigenvalue weighted by Crippen LogP contribution is -2.37. The summed E-state index contributed by atoms with van der Waals surface area (Å²) in [6.45, 7) is 9.13. The van der Waals surface area contributed by atoms with E-state index in [-0.39, 0.29) is 0 Å². The van der Waals surface area contributed by atoms with Crippen molar-refractivity contribution in [2.75, 3.05) is 0 Å². The third-order valence-electron chi connectivity index (χ3n) is 2.39. The van der Waals surface area contributed by atoms with Crippen LogP contribution in [0.25, 0.3) is 10.1 Å². The summed E-state index contributed by atoms with van der Waals surface area (Å²) in [5, 5.41) is 2.63. The summed E-state index contributed by atoms with van der Waals surface area (Å²) in [5.74, 6) is 0. The third kappa shape index (κ3) is 1.64. The fraction of sp³-hybridized carbons (Fsp3) is 0.333. The van der Waals surface area contributed by atoms with Gasteiger partial charge in [0, 0.05) is 9.58 Å². The van der Waals surface area contributed by atoms with Gasteiger partial charge in [-0.05, 0) is 23.5 Å². The van der Waals surface area contributed by atoms with Crippen LogP contribution in [0.3, 0.4) is 0 Å². The molecule has 2 heteroatoms. The molecular weight excluding hydrogens is 204 g/mol. The molecule has 1 heterocycles. The van der Waals surface area contributed by atoms with Crippen molar-refractivity contribution in [2.24, 2.45) is 0 Å². The number of fused-ring (bicyclic) bond motifs is 1. The summed E-state index contributed by atoms with van der Waals surface area (Å²) in [7, 11) is -1.28. The normalized spacial score (nSPS) is 13.3. The fourth-order valence-electron chi connectivity index (χ4n) is 1.70. The van der Waals surface area contributed by atoms with E-state index in [1.165, 1.54) is 9.89 Å². The molecule has 2 rings (SSSR count). The molecule has 2 aromatic rings. The topological polar surface area (TPSA) is 0 Å². The number of hydrogen-bond acceptors (Lipinski definition) is 1. The number of hydrogen-bond donors (Lipinski definition) is 0. The van der Waals surface area contributed by atoms with Crippen molar-refractivity contribution >= 4 is 34.7 Å². The second-order valence-electron chi connectivity index (χ2n) is 4.72. The van der Waals surface area contributed by atoms with Crippen LogP contribution in [0.1, 0.15) is 6.25 Å². The maximum atomic E-state index is 8.00. The van der Waals surface area contributed by atoms with Crippen LogP contribution in [0.5, 0.6) is 0 Å². The van der Waals surface area contributed by atoms with Gasteiger partial charge in [0.1, 0.15) is 0 Å². The average molecular weight is 221 g/mol. The molecule has 0 fully saturated rings. The summed E-state index contributed by atoms with van der Waals surface area (Å²) < 4.78 is 9.34. The van der Waals surface area contributed by atoms with Gasteiger partial charge in [0.25, 0.3) is 0 Å². The molecular formula is C12H16SSi. The summed E-state index contributed by atoms with van der Waals surface area (Å²) in [6.07, 6.45) is 0. The van der Waals surface area contributed by atoms with Crippen LogP contribution in [0, 0.1) is 6.92 Å². The van der Waals surface area contributed by atoms with Crippen LogP contribution in [0.2, 0.25) is 19.6 Å². The van der Waals surface area contributed by atoms with Gasteiger partial charge in [0.05, 0.1) is 9.44 Å². The predicted molar refractivity (Wildman–Crippen MR) is 69.5 cm³/mol. The minimum absolute atomic E-state index is 0.718. The van der Waals surface area contributed by atoms with Gasteiger partial charge in [-0.2, -0.15) is 0 Å². The van der Waals surface area contributed by atoms with E-state index < -0.39 is 8.07 Å². The van der Waals surface area contributed by atoms with Crippen LogP contribution < -0.4 is 5.19 Å². The van der Waals surface area contributed by atoms with Gasteiger partial charge in [-0.1, -0.05) is 37.8 Å². The van der Waals surface area contributed by atoms with Crippen molar-refractivity contribution in [2.45, 2.75) is 26.6 Å². The highest BCUT2D eigenvalue weighted by molar-refractivity contribution is 7.21. The molecule has 0 N–H and O–H groups in total. The van der Waals surface area contributed by atoms with E-state index in [9.17, 15) is 0 Å². The van der Waals surface area contributed by atoms with E-state index >= 15 is 0 Å². The predicted octanol–water partition coefficient (Wildman–Crippen LogP) is 3.75. The minimum Gasteiger partial charge on any atom is -0.141 e. The van der Waals surface area contributed by atoms with E-state index in [0.717, 1.165) is 16.3 Å². The largest absolute Gasteiger partial charge is 0.141 e. The molecule has 0 aliphatic carbocycles. The zero-order valence-corrected chi connectivity index (χ0v) is 11.0. The lowest BCUT2D eigenvalue weighted by molar-refractivity contribution is 1.65. The first-order chi connectivity index (χ1) is 6.91. The quantitative estimate of drug-likeness (QED) is 0.643. The first-order valence-corrected chi connectivity index (χ1v) is 9.22. The Bertz CT molecular complexity index is 508. The van der Waals surface area contributed by atoms with Crippen LogP contribution in [-0.4, -0.2) is 8.07 Å². The molecule has 1 aromatic carbocycles. The Kier molecular flexibility index (Phi) is 1.99. The zero-order chi connectivity index (χ0) is 11.2. The Labute approximate surface area is 92.0 Å². The van der Waals surface area contributed by atoms with Crippen molar-refractivity contribution in [3.8, 4) is 0 Å². The summed E-state index contributed by atoms with van der Waals surface area (Å²) in [4.78, 5) is 1.13. The lowest BCUT2D eigenvalue weighted by atomic mass is 10.2. The number of thiophene rings is 1. The molecule has 0 spiro atoms. The van der Waals surface area contributed by atoms with E-state index in [4.69, 9.17) is 1.37 Å². The molecule has 0 saturated heterocycles. The molecule has 74 valence electrons. The van der Waals surface area contributed by atoms with Crippen molar-refractivity contribution in [3.63, 3.8) is 0 Å². The monoisotopic (exact) mass is 221 g/mol. The highest BCUT2D eigenvalue weighted by Gasteiger charge is 2.19. The number of rotatable bonds is 1. The summed E-state index contributed by atoms with van der Waals surface area (Å²) in [6, 6.07) is 7.13. The van der Waals surface area contributed by atoms with Crippen molar-refractivity contribution in [1.82, 2.24) is 0 Å². The first kappa shape index (κ1) is 8.68. The fourth-order valence-corrected chi connectivity index (χ4v) is 5.06. The smallest absolute Gasteiger partial charge is 0.0794 e. The molecule has 0 nitrogen and oxygen atoms in total. The highest BCUT2D eigenvalue weighted by Crippen LogP contribution is 2.25. The molecule has 0 bridgehead atoms. The lowest BCUT2D eigenvalue weighted by Gasteiger charge is -2.17. The Morgan fingerprint density at radius 3 is 2.64 bits per heavy atom. The zero-order valence-electron chi connectivity index (χ0n) is 10.1. The Morgan fingerprint density at radius 2 is 2.00 bits per heavy atom. The van der Waals surface area contributed by atoms with Crippen LogP contribution in [0.15, 0.2) is 24.2 Å². The standard InChI is InChI=1S/C12H16SSi/c1-9-8-10-6-5-7-11(12(10)13-9)14(2,3)4/h5-8H,1-4H3/i8D. The van der Waals surface area contributed by atoms with Crippen LogP contribution >= 0.6 is 11.3 Å². The molecule has 0 aliphatic heterocycles. The van der Waals surface area contributed by atoms with Crippen molar-refractivity contribution in [3.05, 3.63) is 29.1 Å². The van der Waals surface area contributed by atoms with Crippen LogP contribution in [-0.2, 0) is 0 Å². The van der Waals surface area contributed by atoms with Crippen molar-refractivity contribution in [1.29, 1.82) is 0 Å². The van der Waals surface area contributed by atoms with E-state index in [2.05, 4.69) is 37.8 Å². The van der Waals surface area contributed by atoms with Crippen molar-refractivity contribution < 1.29 is 1.37 Å². The molecule has 0 atom stereocenters. The Morgan fingerprint density at radius 1 is 1.29 bits per heavy atom. The van der Waals surface area contributed by atoms with Gasteiger partial charge in [0.15, 0.2) is 0 Å². The molecule has 0 amide bonds. The Balaban J connectivity index is 2.83. The van der Waals surface area contributed by atoms with Gasteiger partial charge < -0.3 is 0 Å². The van der Waals surface area contributed by atoms with Gasteiger partial charge in [-0.25, -0.2) is 0 Å². The second-order valence-corrected chi connectivity index (χ2v) is 11.0. The Hall–Kier alpha value is -0.603.